The van der Waals surface area contributed by atoms with Crippen LogP contribution in [0.3, 0.4) is 0 Å². The molecule has 0 fully saturated rings. The summed E-state index contributed by atoms with van der Waals surface area (Å²) in [5.74, 6) is -0.0450. The summed E-state index contributed by atoms with van der Waals surface area (Å²) < 4.78 is 7.33. The second-order valence-corrected chi connectivity index (χ2v) is 7.09. The van der Waals surface area contributed by atoms with Crippen LogP contribution >= 0.6 is 0 Å². The fourth-order valence-electron chi connectivity index (χ4n) is 3.21. The highest BCUT2D eigenvalue weighted by Crippen LogP contribution is 2.17. The van der Waals surface area contributed by atoms with Gasteiger partial charge in [-0.25, -0.2) is 4.68 Å². The van der Waals surface area contributed by atoms with Crippen LogP contribution in [0.5, 0.6) is 5.75 Å². The standard InChI is InChI=1S/C24H28N4O3/c1-3-31-22-14-8-7-13-21(22)24(30)26-16-23(29)25-15-9-10-19-17-28(27-18(19)2)20-11-5-4-6-12-20/h4-8,11-14,17H,3,9-10,15-16H2,1-2H3,(H,25,29)(H,26,30). The number of aryl methyl sites for hydroxylation is 2. The lowest BCUT2D eigenvalue weighted by Gasteiger charge is -2.10. The first-order valence-corrected chi connectivity index (χ1v) is 10.5. The fourth-order valence-corrected chi connectivity index (χ4v) is 3.21. The normalized spacial score (nSPS) is 10.5. The van der Waals surface area contributed by atoms with Crippen molar-refractivity contribution >= 4 is 11.8 Å². The molecule has 7 nitrogen and oxygen atoms in total. The van der Waals surface area contributed by atoms with Crippen LogP contribution in [-0.2, 0) is 11.2 Å². The Bertz CT molecular complexity index is 1010. The lowest BCUT2D eigenvalue weighted by Crippen LogP contribution is -2.37. The third-order valence-corrected chi connectivity index (χ3v) is 4.81. The van der Waals surface area contributed by atoms with E-state index >= 15 is 0 Å². The van der Waals surface area contributed by atoms with E-state index in [1.54, 1.807) is 24.3 Å². The zero-order valence-corrected chi connectivity index (χ0v) is 17.9. The van der Waals surface area contributed by atoms with Crippen LogP contribution < -0.4 is 15.4 Å². The molecule has 0 unspecified atom stereocenters. The number of nitrogens with one attached hydrogen (secondary N) is 2. The van der Waals surface area contributed by atoms with E-state index in [0.29, 0.717) is 24.5 Å². The van der Waals surface area contributed by atoms with Crippen molar-refractivity contribution in [2.24, 2.45) is 0 Å². The minimum atomic E-state index is -0.330. The molecule has 2 amide bonds. The number of benzene rings is 2. The zero-order valence-electron chi connectivity index (χ0n) is 17.9. The highest BCUT2D eigenvalue weighted by atomic mass is 16.5. The molecule has 162 valence electrons. The third kappa shape index (κ3) is 6.18. The summed E-state index contributed by atoms with van der Waals surface area (Å²) in [5, 5.41) is 10.1. The molecule has 0 aliphatic rings. The molecule has 2 N–H and O–H groups in total. The highest BCUT2D eigenvalue weighted by molar-refractivity contribution is 5.98. The van der Waals surface area contributed by atoms with Gasteiger partial charge in [0.2, 0.25) is 5.91 Å². The van der Waals surface area contributed by atoms with Crippen LogP contribution in [0.2, 0.25) is 0 Å². The Morgan fingerprint density at radius 1 is 1.03 bits per heavy atom. The summed E-state index contributed by atoms with van der Waals surface area (Å²) >= 11 is 0. The molecule has 3 aromatic rings. The smallest absolute Gasteiger partial charge is 0.255 e. The van der Waals surface area contributed by atoms with Crippen molar-refractivity contribution in [2.45, 2.75) is 26.7 Å². The number of hydrogen-bond acceptors (Lipinski definition) is 4. The molecule has 0 aliphatic heterocycles. The van der Waals surface area contributed by atoms with Crippen LogP contribution in [0.25, 0.3) is 5.69 Å². The molecule has 3 rings (SSSR count). The van der Waals surface area contributed by atoms with Crippen molar-refractivity contribution in [2.75, 3.05) is 19.7 Å². The Morgan fingerprint density at radius 2 is 1.77 bits per heavy atom. The maximum atomic E-state index is 12.3. The number of ether oxygens (including phenoxy) is 1. The molecular formula is C24H28N4O3. The van der Waals surface area contributed by atoms with Gasteiger partial charge in [-0.15, -0.1) is 0 Å². The summed E-state index contributed by atoms with van der Waals surface area (Å²) in [6.07, 6.45) is 3.63. The van der Waals surface area contributed by atoms with E-state index in [2.05, 4.69) is 15.7 Å². The first-order valence-electron chi connectivity index (χ1n) is 10.5. The number of aromatic nitrogens is 2. The molecule has 1 heterocycles. The number of carbonyl (C=O) groups is 2. The molecule has 0 radical (unpaired) electrons. The average Bonchev–Trinajstić information content (AvgIpc) is 3.17. The number of rotatable bonds is 10. The average molecular weight is 421 g/mol. The lowest BCUT2D eigenvalue weighted by atomic mass is 10.1. The SMILES string of the molecule is CCOc1ccccc1C(=O)NCC(=O)NCCCc1cn(-c2ccccc2)nc1C. The van der Waals surface area contributed by atoms with Gasteiger partial charge in [-0.05, 0) is 56.5 Å². The molecule has 0 saturated carbocycles. The van der Waals surface area contributed by atoms with Gasteiger partial charge in [0.1, 0.15) is 5.75 Å². The van der Waals surface area contributed by atoms with Gasteiger partial charge in [-0.3, -0.25) is 9.59 Å². The van der Waals surface area contributed by atoms with Gasteiger partial charge < -0.3 is 15.4 Å². The van der Waals surface area contributed by atoms with Gasteiger partial charge in [-0.2, -0.15) is 5.10 Å². The Morgan fingerprint density at radius 3 is 2.55 bits per heavy atom. The molecule has 0 spiro atoms. The van der Waals surface area contributed by atoms with Crippen LogP contribution in [0.15, 0.2) is 60.8 Å². The zero-order chi connectivity index (χ0) is 22.1. The van der Waals surface area contributed by atoms with Crippen molar-refractivity contribution in [3.8, 4) is 11.4 Å². The Labute approximate surface area is 182 Å². The highest BCUT2D eigenvalue weighted by Gasteiger charge is 2.13. The van der Waals surface area contributed by atoms with Crippen LogP contribution in [0, 0.1) is 6.92 Å². The van der Waals surface area contributed by atoms with E-state index in [4.69, 9.17) is 4.74 Å². The molecule has 0 saturated heterocycles. The van der Waals surface area contributed by atoms with Gasteiger partial charge in [0, 0.05) is 12.7 Å². The van der Waals surface area contributed by atoms with E-state index in [1.165, 1.54) is 0 Å². The Hall–Kier alpha value is -3.61. The van der Waals surface area contributed by atoms with Crippen molar-refractivity contribution in [3.05, 3.63) is 77.6 Å². The van der Waals surface area contributed by atoms with E-state index in [0.717, 1.165) is 29.8 Å². The third-order valence-electron chi connectivity index (χ3n) is 4.81. The van der Waals surface area contributed by atoms with Crippen molar-refractivity contribution in [1.29, 1.82) is 0 Å². The fraction of sp³-hybridized carbons (Fsp3) is 0.292. The summed E-state index contributed by atoms with van der Waals surface area (Å²) in [6, 6.07) is 16.9. The second kappa shape index (κ2) is 11.0. The summed E-state index contributed by atoms with van der Waals surface area (Å²) in [4.78, 5) is 24.4. The largest absolute Gasteiger partial charge is 0.493 e. The predicted molar refractivity (Wildman–Crippen MR) is 120 cm³/mol. The van der Waals surface area contributed by atoms with Crippen molar-refractivity contribution < 1.29 is 14.3 Å². The summed E-state index contributed by atoms with van der Waals surface area (Å²) in [6.45, 7) is 4.76. The molecule has 0 aliphatic carbocycles. The quantitative estimate of drug-likeness (QED) is 0.494. The summed E-state index contributed by atoms with van der Waals surface area (Å²) in [7, 11) is 0. The lowest BCUT2D eigenvalue weighted by molar-refractivity contribution is -0.120. The topological polar surface area (TPSA) is 85.2 Å². The molecule has 1 aromatic heterocycles. The van der Waals surface area contributed by atoms with Crippen molar-refractivity contribution in [1.82, 2.24) is 20.4 Å². The minimum Gasteiger partial charge on any atom is -0.493 e. The first-order chi connectivity index (χ1) is 15.1. The molecule has 0 bridgehead atoms. The van der Waals surface area contributed by atoms with Gasteiger partial charge in [0.05, 0.1) is 30.1 Å². The van der Waals surface area contributed by atoms with Crippen molar-refractivity contribution in [3.63, 3.8) is 0 Å². The maximum Gasteiger partial charge on any atom is 0.255 e. The Kier molecular flexibility index (Phi) is 7.81. The van der Waals surface area contributed by atoms with Gasteiger partial charge in [-0.1, -0.05) is 30.3 Å². The first kappa shape index (κ1) is 22.1. The van der Waals surface area contributed by atoms with E-state index in [1.807, 2.05) is 55.1 Å². The molecule has 7 heteroatoms. The number of amides is 2. The van der Waals surface area contributed by atoms with Gasteiger partial charge in [0.15, 0.2) is 0 Å². The van der Waals surface area contributed by atoms with E-state index in [9.17, 15) is 9.59 Å². The second-order valence-electron chi connectivity index (χ2n) is 7.09. The van der Waals surface area contributed by atoms with E-state index < -0.39 is 0 Å². The van der Waals surface area contributed by atoms with Crippen LogP contribution in [-0.4, -0.2) is 41.3 Å². The predicted octanol–water partition coefficient (Wildman–Crippen LogP) is 3.06. The maximum absolute atomic E-state index is 12.3. The van der Waals surface area contributed by atoms with Crippen LogP contribution in [0.4, 0.5) is 0 Å². The minimum absolute atomic E-state index is 0.0791. The van der Waals surface area contributed by atoms with Gasteiger partial charge in [0.25, 0.3) is 5.91 Å². The number of nitrogens with zero attached hydrogens (tertiary/aromatic N) is 2. The van der Waals surface area contributed by atoms with Crippen LogP contribution in [0.1, 0.15) is 35.0 Å². The summed E-state index contributed by atoms with van der Waals surface area (Å²) in [5.41, 5.74) is 3.57. The number of carbonyl (C=O) groups excluding carboxylic acids is 2. The number of hydrogen-bond donors (Lipinski definition) is 2. The molecule has 0 atom stereocenters. The monoisotopic (exact) mass is 420 g/mol. The Balaban J connectivity index is 1.41. The van der Waals surface area contributed by atoms with Gasteiger partial charge >= 0.3 is 0 Å². The molecule has 31 heavy (non-hydrogen) atoms. The molecule has 2 aromatic carbocycles. The number of para-hydroxylation sites is 2. The van der Waals surface area contributed by atoms with E-state index in [-0.39, 0.29) is 18.4 Å². The molecular weight excluding hydrogens is 392 g/mol.